The summed E-state index contributed by atoms with van der Waals surface area (Å²) in [6.07, 6.45) is 2.67. The van der Waals surface area contributed by atoms with E-state index >= 15 is 0 Å². The predicted octanol–water partition coefficient (Wildman–Crippen LogP) is 0.621. The van der Waals surface area contributed by atoms with Gasteiger partial charge < -0.3 is 14.2 Å². The molecular formula is C10H12O4. The van der Waals surface area contributed by atoms with Crippen molar-refractivity contribution in [3.63, 3.8) is 0 Å². The Labute approximate surface area is 81.8 Å². The minimum absolute atomic E-state index is 0.0454. The standard InChI is InChI=1S/C10H12O4/c1-6-5-10-7(9(11)14-6)4-8(10)12-2-3-13-10/h5,7-8H,2-4H2,1H3/t7?,8-,10?/m0/s1. The highest BCUT2D eigenvalue weighted by molar-refractivity contribution is 5.79. The fraction of sp³-hybridized carbons (Fsp3) is 0.700. The van der Waals surface area contributed by atoms with Crippen LogP contribution >= 0.6 is 0 Å². The van der Waals surface area contributed by atoms with Gasteiger partial charge in [-0.15, -0.1) is 0 Å². The maximum Gasteiger partial charge on any atom is 0.317 e. The van der Waals surface area contributed by atoms with Gasteiger partial charge >= 0.3 is 5.97 Å². The zero-order chi connectivity index (χ0) is 9.76. The maximum atomic E-state index is 11.5. The fourth-order valence-corrected chi connectivity index (χ4v) is 2.54. The van der Waals surface area contributed by atoms with Gasteiger partial charge in [0.25, 0.3) is 0 Å². The Bertz CT molecular complexity index is 322. The number of carbonyl (C=O) groups is 1. The number of hydrogen-bond acceptors (Lipinski definition) is 4. The molecule has 2 unspecified atom stereocenters. The van der Waals surface area contributed by atoms with Crippen molar-refractivity contribution in [3.05, 3.63) is 11.8 Å². The summed E-state index contributed by atoms with van der Waals surface area (Å²) in [5.41, 5.74) is -0.502. The van der Waals surface area contributed by atoms with Gasteiger partial charge in [0.15, 0.2) is 0 Å². The van der Waals surface area contributed by atoms with Crippen LogP contribution in [0, 0.1) is 5.92 Å². The van der Waals surface area contributed by atoms with E-state index in [9.17, 15) is 4.79 Å². The summed E-state index contributed by atoms with van der Waals surface area (Å²) in [5.74, 6) is 0.296. The van der Waals surface area contributed by atoms with E-state index < -0.39 is 5.60 Å². The average Bonchev–Trinajstić information content (AvgIpc) is 2.08. The van der Waals surface area contributed by atoms with E-state index in [1.165, 1.54) is 0 Å². The largest absolute Gasteiger partial charge is 0.431 e. The first-order valence-electron chi connectivity index (χ1n) is 4.89. The van der Waals surface area contributed by atoms with Gasteiger partial charge in [-0.1, -0.05) is 0 Å². The van der Waals surface area contributed by atoms with Crippen molar-refractivity contribution in [3.8, 4) is 0 Å². The third kappa shape index (κ3) is 0.875. The molecule has 0 aromatic carbocycles. The Morgan fingerprint density at radius 3 is 3.14 bits per heavy atom. The summed E-state index contributed by atoms with van der Waals surface area (Å²) >= 11 is 0. The summed E-state index contributed by atoms with van der Waals surface area (Å²) < 4.78 is 16.3. The highest BCUT2D eigenvalue weighted by Crippen LogP contribution is 2.50. The molecule has 0 aromatic rings. The molecule has 3 atom stereocenters. The Balaban J connectivity index is 1.99. The minimum atomic E-state index is -0.502. The molecule has 2 fully saturated rings. The summed E-state index contributed by atoms with van der Waals surface area (Å²) in [4.78, 5) is 11.5. The first-order chi connectivity index (χ1) is 6.72. The van der Waals surface area contributed by atoms with E-state index in [2.05, 4.69) is 0 Å². The van der Waals surface area contributed by atoms with Crippen molar-refractivity contribution in [2.24, 2.45) is 5.92 Å². The summed E-state index contributed by atoms with van der Waals surface area (Å²) in [5, 5.41) is 0. The number of carbonyl (C=O) groups excluding carboxylic acids is 1. The molecule has 0 bridgehead atoms. The molecule has 14 heavy (non-hydrogen) atoms. The smallest absolute Gasteiger partial charge is 0.317 e. The number of cyclic esters (lactones) is 1. The van der Waals surface area contributed by atoms with Gasteiger partial charge in [-0.25, -0.2) is 0 Å². The van der Waals surface area contributed by atoms with Crippen LogP contribution in [0.1, 0.15) is 13.3 Å². The molecule has 4 heteroatoms. The molecule has 3 aliphatic rings. The number of esters is 1. The third-order valence-electron chi connectivity index (χ3n) is 3.23. The average molecular weight is 196 g/mol. The second-order valence-corrected chi connectivity index (χ2v) is 4.03. The van der Waals surface area contributed by atoms with Gasteiger partial charge in [0.05, 0.1) is 25.2 Å². The fourth-order valence-electron chi connectivity index (χ4n) is 2.54. The molecule has 2 aliphatic heterocycles. The second kappa shape index (κ2) is 2.58. The lowest BCUT2D eigenvalue weighted by atomic mass is 9.64. The van der Waals surface area contributed by atoms with E-state index in [4.69, 9.17) is 14.2 Å². The normalized spacial score (nSPS) is 45.5. The van der Waals surface area contributed by atoms with Crippen molar-refractivity contribution < 1.29 is 19.0 Å². The van der Waals surface area contributed by atoms with E-state index in [1.54, 1.807) is 6.92 Å². The van der Waals surface area contributed by atoms with Crippen LogP contribution in [0.3, 0.4) is 0 Å². The van der Waals surface area contributed by atoms with Crippen LogP contribution in [-0.2, 0) is 19.0 Å². The first kappa shape index (κ1) is 8.44. The number of ether oxygens (including phenoxy) is 3. The summed E-state index contributed by atoms with van der Waals surface area (Å²) in [6.45, 7) is 2.96. The van der Waals surface area contributed by atoms with Crippen molar-refractivity contribution in [2.75, 3.05) is 13.2 Å². The van der Waals surface area contributed by atoms with E-state index in [0.717, 1.165) is 6.42 Å². The molecule has 4 nitrogen and oxygen atoms in total. The summed E-state index contributed by atoms with van der Waals surface area (Å²) in [7, 11) is 0. The first-order valence-corrected chi connectivity index (χ1v) is 4.89. The molecule has 1 aliphatic carbocycles. The quantitative estimate of drug-likeness (QED) is 0.533. The third-order valence-corrected chi connectivity index (χ3v) is 3.23. The van der Waals surface area contributed by atoms with Crippen LogP contribution in [0.15, 0.2) is 11.8 Å². The number of rotatable bonds is 0. The zero-order valence-electron chi connectivity index (χ0n) is 7.99. The van der Waals surface area contributed by atoms with Crippen molar-refractivity contribution >= 4 is 5.97 Å². The van der Waals surface area contributed by atoms with Gasteiger partial charge in [0.2, 0.25) is 0 Å². The minimum Gasteiger partial charge on any atom is -0.431 e. The van der Waals surface area contributed by atoms with E-state index in [-0.39, 0.29) is 18.0 Å². The van der Waals surface area contributed by atoms with Crippen LogP contribution in [0.4, 0.5) is 0 Å². The van der Waals surface area contributed by atoms with Crippen LogP contribution in [0.5, 0.6) is 0 Å². The molecule has 1 saturated carbocycles. The molecule has 3 rings (SSSR count). The molecule has 1 saturated heterocycles. The zero-order valence-corrected chi connectivity index (χ0v) is 7.99. The predicted molar refractivity (Wildman–Crippen MR) is 46.4 cm³/mol. The Morgan fingerprint density at radius 2 is 2.36 bits per heavy atom. The van der Waals surface area contributed by atoms with Crippen LogP contribution in [-0.4, -0.2) is 30.9 Å². The van der Waals surface area contributed by atoms with Gasteiger partial charge in [-0.05, 0) is 19.4 Å². The highest BCUT2D eigenvalue weighted by atomic mass is 16.6. The molecule has 1 spiro atoms. The SMILES string of the molecule is CC1=CC23OCCO[C@H]2CC3C(=O)O1. The maximum absolute atomic E-state index is 11.5. The topological polar surface area (TPSA) is 44.8 Å². The lowest BCUT2D eigenvalue weighted by Gasteiger charge is -2.55. The van der Waals surface area contributed by atoms with Gasteiger partial charge in [-0.3, -0.25) is 4.79 Å². The molecule has 0 N–H and O–H groups in total. The highest BCUT2D eigenvalue weighted by Gasteiger charge is 2.63. The van der Waals surface area contributed by atoms with Crippen molar-refractivity contribution in [2.45, 2.75) is 25.0 Å². The number of hydrogen-bond donors (Lipinski definition) is 0. The molecule has 2 heterocycles. The van der Waals surface area contributed by atoms with Crippen molar-refractivity contribution in [1.82, 2.24) is 0 Å². The van der Waals surface area contributed by atoms with Crippen molar-refractivity contribution in [1.29, 1.82) is 0 Å². The molecular weight excluding hydrogens is 184 g/mol. The monoisotopic (exact) mass is 196 g/mol. The molecule has 0 amide bonds. The van der Waals surface area contributed by atoms with E-state index in [1.807, 2.05) is 6.08 Å². The van der Waals surface area contributed by atoms with Gasteiger partial charge in [-0.2, -0.15) is 0 Å². The Kier molecular flexibility index (Phi) is 1.56. The van der Waals surface area contributed by atoms with E-state index in [0.29, 0.717) is 19.0 Å². The Hall–Kier alpha value is -0.870. The van der Waals surface area contributed by atoms with Crippen LogP contribution in [0.25, 0.3) is 0 Å². The van der Waals surface area contributed by atoms with Gasteiger partial charge in [0.1, 0.15) is 11.4 Å². The molecule has 76 valence electrons. The lowest BCUT2D eigenvalue weighted by molar-refractivity contribution is -0.265. The van der Waals surface area contributed by atoms with Gasteiger partial charge in [0, 0.05) is 0 Å². The Morgan fingerprint density at radius 1 is 1.50 bits per heavy atom. The number of allylic oxidation sites excluding steroid dienone is 1. The molecule has 0 radical (unpaired) electrons. The van der Waals surface area contributed by atoms with Crippen LogP contribution in [0.2, 0.25) is 0 Å². The summed E-state index contributed by atoms with van der Waals surface area (Å²) in [6, 6.07) is 0. The molecule has 0 aromatic heterocycles. The van der Waals surface area contributed by atoms with Crippen LogP contribution < -0.4 is 0 Å². The second-order valence-electron chi connectivity index (χ2n) is 4.03. The lowest BCUT2D eigenvalue weighted by Crippen LogP contribution is -2.67.